The summed E-state index contributed by atoms with van der Waals surface area (Å²) < 4.78 is 2.08. The summed E-state index contributed by atoms with van der Waals surface area (Å²) in [5.41, 5.74) is 5.57. The molecule has 0 aromatic carbocycles. The van der Waals surface area contributed by atoms with Gasteiger partial charge in [-0.2, -0.15) is 0 Å². The average Bonchev–Trinajstić information content (AvgIpc) is 2.77. The predicted molar refractivity (Wildman–Crippen MR) is 78.5 cm³/mol. The number of aryl methyl sites for hydroxylation is 1. The number of hydrogen-bond acceptors (Lipinski definition) is 2. The Morgan fingerprint density at radius 2 is 1.50 bits per heavy atom. The highest BCUT2D eigenvalue weighted by molar-refractivity contribution is 5.22. The van der Waals surface area contributed by atoms with Crippen molar-refractivity contribution in [2.24, 2.45) is 0 Å². The summed E-state index contributed by atoms with van der Waals surface area (Å²) in [6.45, 7) is 3.33. The lowest BCUT2D eigenvalue weighted by molar-refractivity contribution is 0.534. The number of nitrogens with two attached hydrogens (primary N) is 1. The van der Waals surface area contributed by atoms with Crippen molar-refractivity contribution < 1.29 is 0 Å². The van der Waals surface area contributed by atoms with Crippen LogP contribution in [0.2, 0.25) is 0 Å². The largest absolute Gasteiger partial charge is 0.382 e. The van der Waals surface area contributed by atoms with Gasteiger partial charge in [-0.15, -0.1) is 0 Å². The van der Waals surface area contributed by atoms with Gasteiger partial charge in [-0.3, -0.25) is 0 Å². The Bertz CT molecular complexity index is 294. The number of nitrogens with zero attached hydrogens (tertiary/aromatic N) is 2. The van der Waals surface area contributed by atoms with Crippen LogP contribution in [0.15, 0.2) is 12.5 Å². The quantitative estimate of drug-likeness (QED) is 0.593. The van der Waals surface area contributed by atoms with Gasteiger partial charge in [0.25, 0.3) is 0 Å². The first kappa shape index (κ1) is 15.1. The minimum atomic E-state index is 0.627. The van der Waals surface area contributed by atoms with Gasteiger partial charge >= 0.3 is 0 Å². The first-order chi connectivity index (χ1) is 8.83. The summed E-state index contributed by atoms with van der Waals surface area (Å²) in [4.78, 5) is 4.02. The number of unbranched alkanes of at least 4 members (excludes halogenated alkanes) is 9. The highest BCUT2D eigenvalue weighted by Crippen LogP contribution is 2.11. The fourth-order valence-corrected chi connectivity index (χ4v) is 2.28. The van der Waals surface area contributed by atoms with E-state index < -0.39 is 0 Å². The van der Waals surface area contributed by atoms with Crippen molar-refractivity contribution in [1.29, 1.82) is 0 Å². The molecule has 0 aliphatic rings. The first-order valence-electron chi connectivity index (χ1n) is 7.60. The first-order valence-corrected chi connectivity index (χ1v) is 7.60. The van der Waals surface area contributed by atoms with Crippen molar-refractivity contribution in [3.05, 3.63) is 12.5 Å². The smallest absolute Gasteiger partial charge is 0.141 e. The maximum absolute atomic E-state index is 5.57. The Kier molecular flexibility index (Phi) is 8.36. The summed E-state index contributed by atoms with van der Waals surface area (Å²) >= 11 is 0. The van der Waals surface area contributed by atoms with Gasteiger partial charge in [0.1, 0.15) is 5.82 Å². The number of anilines is 1. The molecular weight excluding hydrogens is 222 g/mol. The maximum atomic E-state index is 5.57. The van der Waals surface area contributed by atoms with E-state index in [9.17, 15) is 0 Å². The lowest BCUT2D eigenvalue weighted by atomic mass is 10.1. The van der Waals surface area contributed by atoms with E-state index in [2.05, 4.69) is 16.5 Å². The minimum Gasteiger partial charge on any atom is -0.382 e. The van der Waals surface area contributed by atoms with Crippen molar-refractivity contribution in [1.82, 2.24) is 9.55 Å². The summed E-state index contributed by atoms with van der Waals surface area (Å²) in [6.07, 6.45) is 17.5. The predicted octanol–water partition coefficient (Wildman–Crippen LogP) is 4.39. The summed E-state index contributed by atoms with van der Waals surface area (Å²) in [7, 11) is 0. The van der Waals surface area contributed by atoms with Crippen LogP contribution in [0.1, 0.15) is 71.1 Å². The molecule has 3 nitrogen and oxygen atoms in total. The zero-order valence-corrected chi connectivity index (χ0v) is 11.9. The van der Waals surface area contributed by atoms with E-state index in [0.717, 1.165) is 6.54 Å². The van der Waals surface area contributed by atoms with E-state index in [1.165, 1.54) is 64.2 Å². The summed E-state index contributed by atoms with van der Waals surface area (Å²) in [5, 5.41) is 0. The molecule has 0 saturated heterocycles. The number of imidazole rings is 1. The molecule has 3 heteroatoms. The van der Waals surface area contributed by atoms with E-state index >= 15 is 0 Å². The van der Waals surface area contributed by atoms with Gasteiger partial charge < -0.3 is 10.3 Å². The van der Waals surface area contributed by atoms with Crippen molar-refractivity contribution in [3.8, 4) is 0 Å². The van der Waals surface area contributed by atoms with Crippen LogP contribution >= 0.6 is 0 Å². The Morgan fingerprint density at radius 3 is 2.00 bits per heavy atom. The van der Waals surface area contributed by atoms with Crippen LogP contribution in [0.3, 0.4) is 0 Å². The third-order valence-electron chi connectivity index (χ3n) is 3.42. The molecule has 1 aromatic rings. The monoisotopic (exact) mass is 251 g/mol. The maximum Gasteiger partial charge on any atom is 0.141 e. The van der Waals surface area contributed by atoms with Gasteiger partial charge in [0.2, 0.25) is 0 Å². The van der Waals surface area contributed by atoms with Crippen molar-refractivity contribution in [2.45, 2.75) is 77.7 Å². The van der Waals surface area contributed by atoms with Crippen LogP contribution in [0, 0.1) is 0 Å². The molecule has 2 N–H and O–H groups in total. The Hall–Kier alpha value is -0.990. The zero-order valence-electron chi connectivity index (χ0n) is 11.9. The molecule has 1 rings (SSSR count). The Labute approximate surface area is 112 Å². The second-order valence-electron chi connectivity index (χ2n) is 5.22. The second-order valence-corrected chi connectivity index (χ2v) is 5.22. The van der Waals surface area contributed by atoms with Crippen LogP contribution in [-0.4, -0.2) is 9.55 Å². The van der Waals surface area contributed by atoms with Crippen LogP contribution in [0.5, 0.6) is 0 Å². The van der Waals surface area contributed by atoms with Crippen LogP contribution in [0.4, 0.5) is 5.82 Å². The molecule has 0 spiro atoms. The molecule has 104 valence electrons. The molecule has 1 aromatic heterocycles. The lowest BCUT2D eigenvalue weighted by Gasteiger charge is -2.03. The SMILES string of the molecule is CCCCCCCCCCCCn1cnc(N)c1. The van der Waals surface area contributed by atoms with Crippen molar-refractivity contribution in [3.63, 3.8) is 0 Å². The molecule has 0 fully saturated rings. The Morgan fingerprint density at radius 1 is 0.944 bits per heavy atom. The molecule has 1 heterocycles. The van der Waals surface area contributed by atoms with Gasteiger partial charge in [0.15, 0.2) is 0 Å². The van der Waals surface area contributed by atoms with Crippen LogP contribution in [0.25, 0.3) is 0 Å². The van der Waals surface area contributed by atoms with Crippen LogP contribution in [-0.2, 0) is 6.54 Å². The number of aromatic nitrogens is 2. The highest BCUT2D eigenvalue weighted by atomic mass is 15.1. The topological polar surface area (TPSA) is 43.8 Å². The molecular formula is C15H29N3. The fraction of sp³-hybridized carbons (Fsp3) is 0.800. The van der Waals surface area contributed by atoms with E-state index in [0.29, 0.717) is 5.82 Å². The number of rotatable bonds is 11. The summed E-state index contributed by atoms with van der Waals surface area (Å²) in [6, 6.07) is 0. The molecule has 0 aliphatic carbocycles. The third kappa shape index (κ3) is 7.36. The normalized spacial score (nSPS) is 10.9. The molecule has 0 amide bonds. The highest BCUT2D eigenvalue weighted by Gasteiger charge is 1.95. The second kappa shape index (κ2) is 9.98. The van der Waals surface area contributed by atoms with Gasteiger partial charge in [-0.05, 0) is 6.42 Å². The van der Waals surface area contributed by atoms with E-state index in [-0.39, 0.29) is 0 Å². The van der Waals surface area contributed by atoms with Gasteiger partial charge in [-0.25, -0.2) is 4.98 Å². The van der Waals surface area contributed by atoms with E-state index in [1.54, 1.807) is 0 Å². The number of nitrogen functional groups attached to an aromatic ring is 1. The van der Waals surface area contributed by atoms with Crippen LogP contribution < -0.4 is 5.73 Å². The molecule has 0 saturated carbocycles. The lowest BCUT2D eigenvalue weighted by Crippen LogP contribution is -1.94. The fourth-order valence-electron chi connectivity index (χ4n) is 2.28. The van der Waals surface area contributed by atoms with Crippen molar-refractivity contribution >= 4 is 5.82 Å². The van der Waals surface area contributed by atoms with E-state index in [4.69, 9.17) is 5.73 Å². The molecule has 0 bridgehead atoms. The van der Waals surface area contributed by atoms with Gasteiger partial charge in [0.05, 0.1) is 6.33 Å². The molecule has 0 atom stereocenters. The molecule has 18 heavy (non-hydrogen) atoms. The standard InChI is InChI=1S/C15H29N3/c1-2-3-4-5-6-7-8-9-10-11-12-18-13-15(16)17-14-18/h13-14H,2-12,16H2,1H3. The molecule has 0 aliphatic heterocycles. The van der Waals surface area contributed by atoms with Crippen molar-refractivity contribution in [2.75, 3.05) is 5.73 Å². The van der Waals surface area contributed by atoms with E-state index in [1.807, 2.05) is 12.5 Å². The van der Waals surface area contributed by atoms with Gasteiger partial charge in [0, 0.05) is 12.7 Å². The Balaban J connectivity index is 1.81. The van der Waals surface area contributed by atoms with Gasteiger partial charge in [-0.1, -0.05) is 64.7 Å². The zero-order chi connectivity index (χ0) is 13.1. The number of hydrogen-bond donors (Lipinski definition) is 1. The average molecular weight is 251 g/mol. The molecule has 0 radical (unpaired) electrons. The minimum absolute atomic E-state index is 0.627. The molecule has 0 unspecified atom stereocenters. The summed E-state index contributed by atoms with van der Waals surface area (Å²) in [5.74, 6) is 0.627. The third-order valence-corrected chi connectivity index (χ3v) is 3.42.